The van der Waals surface area contributed by atoms with Crippen molar-refractivity contribution in [2.45, 2.75) is 19.1 Å². The molecule has 2 fully saturated rings. The molecule has 7 rings (SSSR count). The first-order chi connectivity index (χ1) is 19.1. The van der Waals surface area contributed by atoms with Crippen LogP contribution in [0.1, 0.15) is 6.42 Å². The van der Waals surface area contributed by atoms with Crippen molar-refractivity contribution in [2.75, 3.05) is 56.4 Å². The van der Waals surface area contributed by atoms with E-state index in [0.717, 1.165) is 68.9 Å². The first kappa shape index (κ1) is 23.9. The Hall–Kier alpha value is -4.16. The second-order valence-corrected chi connectivity index (χ2v) is 10.1. The smallest absolute Gasteiger partial charge is 0.223 e. The number of anilines is 2. The van der Waals surface area contributed by atoms with Crippen LogP contribution < -0.4 is 20.7 Å². The molecule has 6 heterocycles. The van der Waals surface area contributed by atoms with Crippen LogP contribution in [0.4, 0.5) is 16.0 Å². The molecule has 3 N–H and O–H groups in total. The minimum atomic E-state index is -0.234. The Bertz CT molecular complexity index is 1600. The van der Waals surface area contributed by atoms with Crippen LogP contribution in [0, 0.1) is 5.82 Å². The molecule has 1 aromatic carbocycles. The highest BCUT2D eigenvalue weighted by atomic mass is 19.1. The average molecular weight is 532 g/mol. The van der Waals surface area contributed by atoms with Crippen molar-refractivity contribution in [3.63, 3.8) is 0 Å². The van der Waals surface area contributed by atoms with Crippen LogP contribution in [0.3, 0.4) is 0 Å². The zero-order valence-electron chi connectivity index (χ0n) is 21.5. The number of ether oxygens (including phenoxy) is 1. The van der Waals surface area contributed by atoms with Crippen LogP contribution in [0.5, 0.6) is 5.75 Å². The third-order valence-corrected chi connectivity index (χ3v) is 7.58. The Morgan fingerprint density at radius 3 is 2.79 bits per heavy atom. The molecular weight excluding hydrogens is 501 g/mol. The maximum Gasteiger partial charge on any atom is 0.223 e. The topological polar surface area (TPSA) is 115 Å². The molecule has 2 saturated heterocycles. The van der Waals surface area contributed by atoms with Gasteiger partial charge >= 0.3 is 0 Å². The van der Waals surface area contributed by atoms with Crippen molar-refractivity contribution in [3.8, 4) is 17.2 Å². The lowest BCUT2D eigenvalue weighted by atomic mass is 10.2. The van der Waals surface area contributed by atoms with Crippen LogP contribution in [0.25, 0.3) is 28.1 Å². The lowest BCUT2D eigenvalue weighted by Crippen LogP contribution is -2.47. The number of piperazine rings is 1. The van der Waals surface area contributed by atoms with E-state index in [1.807, 2.05) is 34.9 Å². The van der Waals surface area contributed by atoms with Gasteiger partial charge in [0.15, 0.2) is 11.4 Å². The van der Waals surface area contributed by atoms with Crippen LogP contribution >= 0.6 is 0 Å². The summed E-state index contributed by atoms with van der Waals surface area (Å²) < 4.78 is 29.9. The number of imidazole rings is 1. The van der Waals surface area contributed by atoms with E-state index in [1.165, 1.54) is 6.07 Å². The lowest BCUT2D eigenvalue weighted by Gasteiger charge is -2.36. The van der Waals surface area contributed by atoms with E-state index < -0.39 is 0 Å². The zero-order valence-corrected chi connectivity index (χ0v) is 21.5. The predicted molar refractivity (Wildman–Crippen MR) is 145 cm³/mol. The van der Waals surface area contributed by atoms with Gasteiger partial charge in [-0.05, 0) is 43.3 Å². The van der Waals surface area contributed by atoms with Crippen LogP contribution in [-0.2, 0) is 6.54 Å². The van der Waals surface area contributed by atoms with Crippen molar-refractivity contribution in [3.05, 3.63) is 54.8 Å². The van der Waals surface area contributed by atoms with Crippen molar-refractivity contribution >= 4 is 28.3 Å². The van der Waals surface area contributed by atoms with Crippen molar-refractivity contribution in [1.29, 1.82) is 0 Å². The van der Waals surface area contributed by atoms with E-state index in [2.05, 4.69) is 30.2 Å². The third kappa shape index (κ3) is 4.55. The Morgan fingerprint density at radius 2 is 2.03 bits per heavy atom. The van der Waals surface area contributed by atoms with E-state index in [9.17, 15) is 4.39 Å². The number of hydrogen-bond donors (Lipinski definition) is 2. The maximum atomic E-state index is 14.9. The molecular formula is C27H30FN9O2. The predicted octanol–water partition coefficient (Wildman–Crippen LogP) is 2.62. The summed E-state index contributed by atoms with van der Waals surface area (Å²) in [6.45, 7) is 6.49. The van der Waals surface area contributed by atoms with Gasteiger partial charge in [0.25, 0.3) is 0 Å². The number of nitrogens with one attached hydrogen (secondary N) is 1. The third-order valence-electron chi connectivity index (χ3n) is 7.58. The molecule has 12 heteroatoms. The van der Waals surface area contributed by atoms with Gasteiger partial charge in [-0.2, -0.15) is 14.6 Å². The molecule has 2 aliphatic heterocycles. The number of fused-ring (bicyclic) bond motifs is 3. The highest BCUT2D eigenvalue weighted by Gasteiger charge is 2.22. The van der Waals surface area contributed by atoms with Gasteiger partial charge in [-0.25, -0.2) is 9.37 Å². The molecule has 0 radical (unpaired) electrons. The summed E-state index contributed by atoms with van der Waals surface area (Å²) >= 11 is 0. The SMILES string of the molecule is Nc1nc2c(ncn2CCN2CCN(c3ccc(OC4CCNC4)cc3F)CC2)c2cc(-c3ccco3)nn12. The Kier molecular flexibility index (Phi) is 6.05. The summed E-state index contributed by atoms with van der Waals surface area (Å²) in [4.78, 5) is 13.7. The van der Waals surface area contributed by atoms with E-state index in [1.54, 1.807) is 17.1 Å². The Balaban J connectivity index is 0.996. The van der Waals surface area contributed by atoms with Gasteiger partial charge in [0.05, 0.1) is 18.3 Å². The number of nitrogens with zero attached hydrogens (tertiary/aromatic N) is 7. The molecule has 0 saturated carbocycles. The Labute approximate surface area is 224 Å². The minimum Gasteiger partial charge on any atom is -0.489 e. The number of nitrogen functional groups attached to an aromatic ring is 1. The number of nitrogens with two attached hydrogens (primary N) is 1. The fourth-order valence-corrected chi connectivity index (χ4v) is 5.46. The first-order valence-corrected chi connectivity index (χ1v) is 13.3. The number of aromatic nitrogens is 5. The molecule has 4 aromatic heterocycles. The number of rotatable bonds is 7. The minimum absolute atomic E-state index is 0.114. The summed E-state index contributed by atoms with van der Waals surface area (Å²) in [5.74, 6) is 1.32. The fraction of sp³-hybridized carbons (Fsp3) is 0.370. The summed E-state index contributed by atoms with van der Waals surface area (Å²) in [6.07, 6.45) is 4.48. The molecule has 1 atom stereocenters. The number of hydrogen-bond acceptors (Lipinski definition) is 9. The van der Waals surface area contributed by atoms with Crippen molar-refractivity contribution in [2.24, 2.45) is 0 Å². The van der Waals surface area contributed by atoms with E-state index >= 15 is 0 Å². The van der Waals surface area contributed by atoms with E-state index in [0.29, 0.717) is 35.4 Å². The van der Waals surface area contributed by atoms with Gasteiger partial charge in [0.2, 0.25) is 5.95 Å². The summed E-state index contributed by atoms with van der Waals surface area (Å²) in [5.41, 5.74) is 9.81. The van der Waals surface area contributed by atoms with Crippen molar-refractivity contribution in [1.82, 2.24) is 34.4 Å². The monoisotopic (exact) mass is 531 g/mol. The average Bonchev–Trinajstić information content (AvgIpc) is 3.75. The van der Waals surface area contributed by atoms with E-state index in [4.69, 9.17) is 14.9 Å². The number of furan rings is 1. The van der Waals surface area contributed by atoms with Gasteiger partial charge in [-0.3, -0.25) is 4.90 Å². The van der Waals surface area contributed by atoms with Gasteiger partial charge in [-0.15, -0.1) is 0 Å². The van der Waals surface area contributed by atoms with Gasteiger partial charge in [-0.1, -0.05) is 0 Å². The van der Waals surface area contributed by atoms with Crippen LogP contribution in [0.2, 0.25) is 0 Å². The van der Waals surface area contributed by atoms with Crippen molar-refractivity contribution < 1.29 is 13.5 Å². The van der Waals surface area contributed by atoms with Gasteiger partial charge in [0.1, 0.15) is 34.4 Å². The lowest BCUT2D eigenvalue weighted by molar-refractivity contribution is 0.222. The van der Waals surface area contributed by atoms with Crippen LogP contribution in [-0.4, -0.2) is 81.0 Å². The molecule has 0 bridgehead atoms. The van der Waals surface area contributed by atoms with Crippen LogP contribution in [0.15, 0.2) is 53.4 Å². The van der Waals surface area contributed by atoms with E-state index in [-0.39, 0.29) is 11.9 Å². The van der Waals surface area contributed by atoms with Gasteiger partial charge in [0, 0.05) is 51.9 Å². The standard InChI is InChI=1S/C27H30FN9O2/c28-20-14-18(39-19-5-6-30-16-19)3-4-22(20)35-10-7-34(8-11-35)9-12-36-17-31-25-23-15-21(24-2-1-13-38-24)33-37(23)27(29)32-26(25)36/h1-4,13-15,17,19,30H,5-12,16H2,(H2,29,32). The molecule has 0 spiro atoms. The largest absolute Gasteiger partial charge is 0.489 e. The second-order valence-electron chi connectivity index (χ2n) is 10.1. The molecule has 11 nitrogen and oxygen atoms in total. The summed E-state index contributed by atoms with van der Waals surface area (Å²) in [7, 11) is 0. The summed E-state index contributed by atoms with van der Waals surface area (Å²) in [5, 5.41) is 7.80. The maximum absolute atomic E-state index is 14.9. The first-order valence-electron chi connectivity index (χ1n) is 13.3. The molecule has 202 valence electrons. The number of halogens is 1. The molecule has 0 amide bonds. The molecule has 2 aliphatic rings. The highest BCUT2D eigenvalue weighted by Crippen LogP contribution is 2.28. The normalized spacial score (nSPS) is 18.5. The highest BCUT2D eigenvalue weighted by molar-refractivity contribution is 5.90. The Morgan fingerprint density at radius 1 is 1.13 bits per heavy atom. The molecule has 1 unspecified atom stereocenters. The quantitative estimate of drug-likeness (QED) is 0.327. The molecule has 5 aromatic rings. The summed E-state index contributed by atoms with van der Waals surface area (Å²) in [6, 6.07) is 10.8. The number of benzene rings is 1. The van der Waals surface area contributed by atoms with Gasteiger partial charge < -0.3 is 29.7 Å². The molecule has 0 aliphatic carbocycles. The fourth-order valence-electron chi connectivity index (χ4n) is 5.46. The molecule has 39 heavy (non-hydrogen) atoms. The second kappa shape index (κ2) is 9.86. The zero-order chi connectivity index (χ0) is 26.3.